The standard InChI is InChI=1S/C27H30FN3O2/c1-3-20(29)16-31(21-11-12-21)22-7-4-6-18(14-22)23-8-5-9-24(27(23)33)19-10-13-26(25(28)15-19)30-17(2)32/h4-10,13-15,20-21,33H,3,11-12,16,29H2,1-2H3,(H,30,32)/t20-/m0/s1. The molecule has 6 heteroatoms. The van der Waals surface area contributed by atoms with Crippen LogP contribution in [0.4, 0.5) is 15.8 Å². The number of phenolic OH excluding ortho intramolecular Hbond substituents is 1. The molecule has 1 aliphatic carbocycles. The Bertz CT molecular complexity index is 1160. The molecule has 1 atom stereocenters. The van der Waals surface area contributed by atoms with E-state index in [0.29, 0.717) is 22.7 Å². The predicted molar refractivity (Wildman–Crippen MR) is 132 cm³/mol. The maximum absolute atomic E-state index is 14.5. The Morgan fingerprint density at radius 3 is 2.39 bits per heavy atom. The Labute approximate surface area is 194 Å². The molecule has 4 N–H and O–H groups in total. The number of nitrogens with two attached hydrogens (primary N) is 1. The number of para-hydroxylation sites is 1. The van der Waals surface area contributed by atoms with E-state index in [2.05, 4.69) is 29.3 Å². The molecular weight excluding hydrogens is 417 g/mol. The molecule has 1 saturated carbocycles. The van der Waals surface area contributed by atoms with Crippen LogP contribution in [0.1, 0.15) is 33.1 Å². The largest absolute Gasteiger partial charge is 0.507 e. The van der Waals surface area contributed by atoms with Crippen LogP contribution < -0.4 is 16.0 Å². The Kier molecular flexibility index (Phi) is 6.65. The van der Waals surface area contributed by atoms with E-state index in [1.165, 1.54) is 31.9 Å². The zero-order chi connectivity index (χ0) is 23.5. The van der Waals surface area contributed by atoms with E-state index in [-0.39, 0.29) is 23.4 Å². The number of carbonyl (C=O) groups excluding carboxylic acids is 1. The molecule has 0 aromatic heterocycles. The summed E-state index contributed by atoms with van der Waals surface area (Å²) in [5.74, 6) is -0.807. The van der Waals surface area contributed by atoms with Crippen molar-refractivity contribution < 1.29 is 14.3 Å². The molecule has 0 radical (unpaired) electrons. The predicted octanol–water partition coefficient (Wildman–Crippen LogP) is 5.53. The fourth-order valence-corrected chi connectivity index (χ4v) is 4.07. The van der Waals surface area contributed by atoms with Gasteiger partial charge < -0.3 is 21.1 Å². The number of hydrogen-bond acceptors (Lipinski definition) is 4. The van der Waals surface area contributed by atoms with Gasteiger partial charge in [0.1, 0.15) is 11.6 Å². The van der Waals surface area contributed by atoms with Crippen molar-refractivity contribution in [3.63, 3.8) is 0 Å². The summed E-state index contributed by atoms with van der Waals surface area (Å²) in [5, 5.41) is 13.6. The highest BCUT2D eigenvalue weighted by atomic mass is 19.1. The zero-order valence-corrected chi connectivity index (χ0v) is 19.0. The average Bonchev–Trinajstić information content (AvgIpc) is 3.64. The van der Waals surface area contributed by atoms with Crippen molar-refractivity contribution in [3.05, 3.63) is 66.5 Å². The van der Waals surface area contributed by atoms with Crippen molar-refractivity contribution in [1.29, 1.82) is 0 Å². The molecule has 1 fully saturated rings. The first-order valence-electron chi connectivity index (χ1n) is 11.4. The minimum Gasteiger partial charge on any atom is -0.507 e. The lowest BCUT2D eigenvalue weighted by Gasteiger charge is -2.28. The molecule has 5 nitrogen and oxygen atoms in total. The van der Waals surface area contributed by atoms with Gasteiger partial charge in [0.25, 0.3) is 0 Å². The Balaban J connectivity index is 1.68. The topological polar surface area (TPSA) is 78.6 Å². The number of nitrogens with one attached hydrogen (secondary N) is 1. The molecule has 0 spiro atoms. The molecule has 172 valence electrons. The maximum Gasteiger partial charge on any atom is 0.221 e. The van der Waals surface area contributed by atoms with Crippen molar-refractivity contribution >= 4 is 17.3 Å². The minimum absolute atomic E-state index is 0.0876. The van der Waals surface area contributed by atoms with Gasteiger partial charge in [0.15, 0.2) is 0 Å². The van der Waals surface area contributed by atoms with Gasteiger partial charge in [-0.2, -0.15) is 0 Å². The number of benzene rings is 3. The lowest BCUT2D eigenvalue weighted by atomic mass is 9.96. The summed E-state index contributed by atoms with van der Waals surface area (Å²) in [6.07, 6.45) is 3.26. The normalized spacial score (nSPS) is 14.1. The molecule has 3 aromatic carbocycles. The van der Waals surface area contributed by atoms with Gasteiger partial charge in [-0.05, 0) is 54.7 Å². The Hall–Kier alpha value is -3.38. The fourth-order valence-electron chi connectivity index (χ4n) is 4.07. The number of halogens is 1. The van der Waals surface area contributed by atoms with Gasteiger partial charge in [-0.1, -0.05) is 43.3 Å². The number of rotatable bonds is 8. The van der Waals surface area contributed by atoms with E-state index in [4.69, 9.17) is 5.73 Å². The molecular formula is C27H30FN3O2. The molecule has 0 saturated heterocycles. The number of phenols is 1. The van der Waals surface area contributed by atoms with Crippen molar-refractivity contribution in [1.82, 2.24) is 0 Å². The van der Waals surface area contributed by atoms with Crippen molar-refractivity contribution in [2.24, 2.45) is 5.73 Å². The summed E-state index contributed by atoms with van der Waals surface area (Å²) < 4.78 is 14.5. The van der Waals surface area contributed by atoms with Gasteiger partial charge in [0.2, 0.25) is 5.91 Å². The fraction of sp³-hybridized carbons (Fsp3) is 0.296. The highest BCUT2D eigenvalue weighted by molar-refractivity contribution is 5.89. The van der Waals surface area contributed by atoms with Crippen LogP contribution in [-0.2, 0) is 4.79 Å². The van der Waals surface area contributed by atoms with E-state index >= 15 is 0 Å². The highest BCUT2D eigenvalue weighted by Gasteiger charge is 2.30. The van der Waals surface area contributed by atoms with Gasteiger partial charge in [-0.15, -0.1) is 0 Å². The lowest BCUT2D eigenvalue weighted by Crippen LogP contribution is -2.38. The smallest absolute Gasteiger partial charge is 0.221 e. The number of amides is 1. The van der Waals surface area contributed by atoms with Crippen LogP contribution in [0.25, 0.3) is 22.3 Å². The summed E-state index contributed by atoms with van der Waals surface area (Å²) in [6, 6.07) is 18.7. The summed E-state index contributed by atoms with van der Waals surface area (Å²) >= 11 is 0. The van der Waals surface area contributed by atoms with Crippen LogP contribution in [0.2, 0.25) is 0 Å². The monoisotopic (exact) mass is 447 g/mol. The molecule has 1 aliphatic rings. The number of anilines is 2. The number of hydrogen-bond donors (Lipinski definition) is 3. The van der Waals surface area contributed by atoms with E-state index in [1.807, 2.05) is 24.3 Å². The van der Waals surface area contributed by atoms with Crippen LogP contribution in [0, 0.1) is 5.82 Å². The first kappa shape index (κ1) is 22.8. The van der Waals surface area contributed by atoms with E-state index in [0.717, 1.165) is 24.2 Å². The molecule has 0 bridgehead atoms. The van der Waals surface area contributed by atoms with Gasteiger partial charge in [-0.25, -0.2) is 4.39 Å². The second-order valence-electron chi connectivity index (χ2n) is 8.68. The molecule has 0 aliphatic heterocycles. The summed E-state index contributed by atoms with van der Waals surface area (Å²) in [7, 11) is 0. The van der Waals surface area contributed by atoms with E-state index in [9.17, 15) is 14.3 Å². The first-order valence-corrected chi connectivity index (χ1v) is 11.4. The van der Waals surface area contributed by atoms with Crippen LogP contribution in [0.5, 0.6) is 5.75 Å². The van der Waals surface area contributed by atoms with Gasteiger partial charge in [0.05, 0.1) is 5.69 Å². The average molecular weight is 448 g/mol. The third-order valence-corrected chi connectivity index (χ3v) is 6.06. The minimum atomic E-state index is -0.554. The lowest BCUT2D eigenvalue weighted by molar-refractivity contribution is -0.114. The second kappa shape index (κ2) is 9.63. The molecule has 1 amide bonds. The molecule has 0 unspecified atom stereocenters. The maximum atomic E-state index is 14.5. The van der Waals surface area contributed by atoms with Crippen molar-refractivity contribution in [3.8, 4) is 28.0 Å². The SMILES string of the molecule is CC[C@H](N)CN(c1cccc(-c2cccc(-c3ccc(NC(C)=O)c(F)c3)c2O)c1)C1CC1. The Morgan fingerprint density at radius 1 is 1.12 bits per heavy atom. The first-order chi connectivity index (χ1) is 15.9. The number of carbonyl (C=O) groups is 1. The number of aromatic hydroxyl groups is 1. The van der Waals surface area contributed by atoms with Gasteiger partial charge >= 0.3 is 0 Å². The van der Waals surface area contributed by atoms with Gasteiger partial charge in [-0.3, -0.25) is 4.79 Å². The van der Waals surface area contributed by atoms with E-state index in [1.54, 1.807) is 12.1 Å². The van der Waals surface area contributed by atoms with Crippen LogP contribution in [0.15, 0.2) is 60.7 Å². The summed E-state index contributed by atoms with van der Waals surface area (Å²) in [4.78, 5) is 13.6. The second-order valence-corrected chi connectivity index (χ2v) is 8.68. The third-order valence-electron chi connectivity index (χ3n) is 6.06. The van der Waals surface area contributed by atoms with Gasteiger partial charge in [0, 0.05) is 42.4 Å². The van der Waals surface area contributed by atoms with Crippen molar-refractivity contribution in [2.75, 3.05) is 16.8 Å². The Morgan fingerprint density at radius 2 is 1.79 bits per heavy atom. The summed E-state index contributed by atoms with van der Waals surface area (Å²) in [5.41, 5.74) is 10.1. The number of nitrogens with zero attached hydrogens (tertiary/aromatic N) is 1. The van der Waals surface area contributed by atoms with Crippen molar-refractivity contribution in [2.45, 2.75) is 45.2 Å². The third kappa shape index (κ3) is 5.17. The van der Waals surface area contributed by atoms with Crippen LogP contribution in [-0.4, -0.2) is 29.6 Å². The highest BCUT2D eigenvalue weighted by Crippen LogP contribution is 2.40. The van der Waals surface area contributed by atoms with E-state index < -0.39 is 5.82 Å². The molecule has 4 rings (SSSR count). The molecule has 3 aromatic rings. The van der Waals surface area contributed by atoms with Crippen LogP contribution in [0.3, 0.4) is 0 Å². The summed E-state index contributed by atoms with van der Waals surface area (Å²) in [6.45, 7) is 4.23. The zero-order valence-electron chi connectivity index (χ0n) is 19.0. The molecule has 33 heavy (non-hydrogen) atoms. The van der Waals surface area contributed by atoms with Crippen LogP contribution >= 0.6 is 0 Å². The quantitative estimate of drug-likeness (QED) is 0.424. The molecule has 0 heterocycles.